The number of amides is 1. The number of hydrogen-bond donors (Lipinski definition) is 1. The molecule has 0 bridgehead atoms. The molecular weight excluding hydrogens is 248 g/mol. The third-order valence-corrected chi connectivity index (χ3v) is 4.93. The van der Waals surface area contributed by atoms with Gasteiger partial charge in [-0.15, -0.1) is 11.3 Å². The lowest BCUT2D eigenvalue weighted by molar-refractivity contribution is -0.141. The predicted molar refractivity (Wildman–Crippen MR) is 70.4 cm³/mol. The minimum atomic E-state index is -0.703. The van der Waals surface area contributed by atoms with Crippen LogP contribution in [-0.4, -0.2) is 36.1 Å². The van der Waals surface area contributed by atoms with Crippen molar-refractivity contribution in [3.05, 3.63) is 21.9 Å². The van der Waals surface area contributed by atoms with E-state index in [0.29, 0.717) is 26.1 Å². The SMILES string of the molecule is NC1(C(=O)N2CCc3sccc3C2)CCOCC1. The standard InChI is InChI=1S/C13H18N2O2S/c14-13(3-6-17-7-4-13)12(16)15-5-1-11-10(9-15)2-8-18-11/h2,8H,1,3-7,9,14H2. The van der Waals surface area contributed by atoms with E-state index in [-0.39, 0.29) is 5.91 Å². The zero-order chi connectivity index (χ0) is 12.6. The fourth-order valence-corrected chi connectivity index (χ4v) is 3.58. The molecule has 1 amide bonds. The number of nitrogens with zero attached hydrogens (tertiary/aromatic N) is 1. The van der Waals surface area contributed by atoms with Crippen LogP contribution >= 0.6 is 11.3 Å². The lowest BCUT2D eigenvalue weighted by Crippen LogP contribution is -2.58. The number of hydrogen-bond acceptors (Lipinski definition) is 4. The lowest BCUT2D eigenvalue weighted by atomic mass is 9.89. The van der Waals surface area contributed by atoms with Gasteiger partial charge in [-0.1, -0.05) is 0 Å². The molecule has 3 rings (SSSR count). The third kappa shape index (κ3) is 2.06. The second-order valence-electron chi connectivity index (χ2n) is 5.11. The first kappa shape index (κ1) is 12.1. The Hall–Kier alpha value is -0.910. The van der Waals surface area contributed by atoms with Crippen molar-refractivity contribution in [2.75, 3.05) is 19.8 Å². The number of fused-ring (bicyclic) bond motifs is 1. The van der Waals surface area contributed by atoms with Crippen molar-refractivity contribution in [3.8, 4) is 0 Å². The number of ether oxygens (including phenoxy) is 1. The van der Waals surface area contributed by atoms with Gasteiger partial charge in [0, 0.05) is 31.2 Å². The normalized spacial score (nSPS) is 22.6. The fraction of sp³-hybridized carbons (Fsp3) is 0.615. The van der Waals surface area contributed by atoms with E-state index in [2.05, 4.69) is 11.4 Å². The molecule has 2 aliphatic rings. The zero-order valence-corrected chi connectivity index (χ0v) is 11.2. The molecule has 18 heavy (non-hydrogen) atoms. The van der Waals surface area contributed by atoms with Crippen LogP contribution in [0.3, 0.4) is 0 Å². The average molecular weight is 266 g/mol. The molecule has 98 valence electrons. The van der Waals surface area contributed by atoms with Crippen LogP contribution in [0.2, 0.25) is 0 Å². The van der Waals surface area contributed by atoms with Crippen LogP contribution in [-0.2, 0) is 22.5 Å². The average Bonchev–Trinajstić information content (AvgIpc) is 2.86. The summed E-state index contributed by atoms with van der Waals surface area (Å²) in [7, 11) is 0. The smallest absolute Gasteiger partial charge is 0.243 e. The highest BCUT2D eigenvalue weighted by molar-refractivity contribution is 7.10. The van der Waals surface area contributed by atoms with Gasteiger partial charge in [0.2, 0.25) is 5.91 Å². The maximum absolute atomic E-state index is 12.6. The van der Waals surface area contributed by atoms with Crippen molar-refractivity contribution in [2.24, 2.45) is 5.73 Å². The number of thiophene rings is 1. The first-order valence-corrected chi connectivity index (χ1v) is 7.28. The van der Waals surface area contributed by atoms with Crippen LogP contribution in [0.4, 0.5) is 0 Å². The molecular formula is C13H18N2O2S. The molecule has 1 aromatic rings. The number of carbonyl (C=O) groups is 1. The summed E-state index contributed by atoms with van der Waals surface area (Å²) in [6.07, 6.45) is 2.24. The molecule has 0 radical (unpaired) electrons. The summed E-state index contributed by atoms with van der Waals surface area (Å²) in [5.74, 6) is 0.0997. The Morgan fingerprint density at radius 1 is 1.44 bits per heavy atom. The molecule has 3 heterocycles. The van der Waals surface area contributed by atoms with E-state index in [1.165, 1.54) is 10.4 Å². The van der Waals surface area contributed by atoms with Crippen molar-refractivity contribution in [1.82, 2.24) is 4.90 Å². The Labute approximate surface area is 111 Å². The summed E-state index contributed by atoms with van der Waals surface area (Å²) in [5.41, 5.74) is 6.84. The van der Waals surface area contributed by atoms with Crippen LogP contribution in [0, 0.1) is 0 Å². The van der Waals surface area contributed by atoms with Crippen molar-refractivity contribution in [2.45, 2.75) is 31.3 Å². The zero-order valence-electron chi connectivity index (χ0n) is 10.4. The van der Waals surface area contributed by atoms with E-state index in [1.807, 2.05) is 4.90 Å². The van der Waals surface area contributed by atoms with Gasteiger partial charge in [-0.05, 0) is 36.3 Å². The molecule has 2 N–H and O–H groups in total. The highest BCUT2D eigenvalue weighted by Crippen LogP contribution is 2.27. The Kier molecular flexibility index (Phi) is 3.13. The summed E-state index contributed by atoms with van der Waals surface area (Å²) in [6.45, 7) is 2.71. The monoisotopic (exact) mass is 266 g/mol. The van der Waals surface area contributed by atoms with Crippen LogP contribution in [0.1, 0.15) is 23.3 Å². The number of nitrogens with two attached hydrogens (primary N) is 1. The van der Waals surface area contributed by atoms with Crippen LogP contribution < -0.4 is 5.73 Å². The van der Waals surface area contributed by atoms with Gasteiger partial charge >= 0.3 is 0 Å². The van der Waals surface area contributed by atoms with Gasteiger partial charge in [-0.25, -0.2) is 0 Å². The molecule has 0 aromatic carbocycles. The first-order valence-electron chi connectivity index (χ1n) is 6.40. The topological polar surface area (TPSA) is 55.6 Å². The number of carbonyl (C=O) groups excluding carboxylic acids is 1. The highest BCUT2D eigenvalue weighted by Gasteiger charge is 2.39. The van der Waals surface area contributed by atoms with E-state index in [1.54, 1.807) is 11.3 Å². The van der Waals surface area contributed by atoms with Gasteiger partial charge in [-0.2, -0.15) is 0 Å². The van der Waals surface area contributed by atoms with Crippen molar-refractivity contribution < 1.29 is 9.53 Å². The van der Waals surface area contributed by atoms with Gasteiger partial charge in [0.1, 0.15) is 0 Å². The molecule has 5 heteroatoms. The molecule has 2 aliphatic heterocycles. The van der Waals surface area contributed by atoms with E-state index < -0.39 is 5.54 Å². The van der Waals surface area contributed by atoms with Crippen LogP contribution in [0.15, 0.2) is 11.4 Å². The third-order valence-electron chi connectivity index (χ3n) is 3.91. The maximum Gasteiger partial charge on any atom is 0.243 e. The molecule has 0 unspecified atom stereocenters. The van der Waals surface area contributed by atoms with Crippen molar-refractivity contribution in [3.63, 3.8) is 0 Å². The minimum Gasteiger partial charge on any atom is -0.381 e. The lowest BCUT2D eigenvalue weighted by Gasteiger charge is -2.38. The summed E-state index contributed by atoms with van der Waals surface area (Å²) >= 11 is 1.78. The Morgan fingerprint density at radius 3 is 3.00 bits per heavy atom. The second-order valence-corrected chi connectivity index (χ2v) is 6.11. The van der Waals surface area contributed by atoms with Gasteiger partial charge in [0.05, 0.1) is 5.54 Å². The van der Waals surface area contributed by atoms with Gasteiger partial charge in [0.25, 0.3) is 0 Å². The molecule has 0 aliphatic carbocycles. The quantitative estimate of drug-likeness (QED) is 0.829. The highest BCUT2D eigenvalue weighted by atomic mass is 32.1. The molecule has 0 saturated carbocycles. The second kappa shape index (κ2) is 4.64. The molecule has 4 nitrogen and oxygen atoms in total. The predicted octanol–water partition coefficient (Wildman–Crippen LogP) is 1.14. The number of rotatable bonds is 1. The molecule has 1 aromatic heterocycles. The Morgan fingerprint density at radius 2 is 2.22 bits per heavy atom. The van der Waals surface area contributed by atoms with Crippen LogP contribution in [0.5, 0.6) is 0 Å². The van der Waals surface area contributed by atoms with E-state index in [4.69, 9.17) is 10.5 Å². The van der Waals surface area contributed by atoms with E-state index >= 15 is 0 Å². The van der Waals surface area contributed by atoms with Gasteiger partial charge < -0.3 is 15.4 Å². The van der Waals surface area contributed by atoms with Crippen molar-refractivity contribution in [1.29, 1.82) is 0 Å². The fourth-order valence-electron chi connectivity index (χ4n) is 2.69. The minimum absolute atomic E-state index is 0.0997. The summed E-state index contributed by atoms with van der Waals surface area (Å²) in [4.78, 5) is 15.9. The molecule has 1 fully saturated rings. The molecule has 0 spiro atoms. The van der Waals surface area contributed by atoms with Gasteiger partial charge in [-0.3, -0.25) is 4.79 Å². The van der Waals surface area contributed by atoms with E-state index in [9.17, 15) is 4.79 Å². The van der Waals surface area contributed by atoms with Crippen molar-refractivity contribution >= 4 is 17.2 Å². The first-order chi connectivity index (χ1) is 8.69. The van der Waals surface area contributed by atoms with Crippen LogP contribution in [0.25, 0.3) is 0 Å². The summed E-state index contributed by atoms with van der Waals surface area (Å²) in [6, 6.07) is 2.12. The summed E-state index contributed by atoms with van der Waals surface area (Å²) in [5, 5.41) is 2.10. The molecule has 0 atom stereocenters. The Bertz CT molecular complexity index is 452. The maximum atomic E-state index is 12.6. The molecule has 1 saturated heterocycles. The van der Waals surface area contributed by atoms with Gasteiger partial charge in [0.15, 0.2) is 0 Å². The van der Waals surface area contributed by atoms with E-state index in [0.717, 1.165) is 19.5 Å². The Balaban J connectivity index is 1.74. The summed E-state index contributed by atoms with van der Waals surface area (Å²) < 4.78 is 5.30. The largest absolute Gasteiger partial charge is 0.381 e.